The van der Waals surface area contributed by atoms with E-state index in [0.29, 0.717) is 11.7 Å². The van der Waals surface area contributed by atoms with E-state index in [2.05, 4.69) is 38.3 Å². The van der Waals surface area contributed by atoms with Gasteiger partial charge in [-0.15, -0.1) is 0 Å². The number of carbonyl (C=O) groups is 1. The molecule has 38 heavy (non-hydrogen) atoms. The minimum absolute atomic E-state index is 0.0949. The Bertz CT molecular complexity index is 1420. The van der Waals surface area contributed by atoms with E-state index in [1.54, 1.807) is 0 Å². The van der Waals surface area contributed by atoms with E-state index in [1.807, 2.05) is 61.5 Å². The van der Waals surface area contributed by atoms with Crippen LogP contribution in [0.3, 0.4) is 0 Å². The molecule has 0 atom stereocenters. The molecule has 2 fully saturated rings. The lowest BCUT2D eigenvalue weighted by atomic mass is 10.1. The Kier molecular flexibility index (Phi) is 6.81. The zero-order chi connectivity index (χ0) is 26.0. The number of anilines is 3. The number of carbonyl (C=O) groups excluding carboxylic acids is 1. The van der Waals surface area contributed by atoms with Gasteiger partial charge in [0, 0.05) is 46.0 Å². The van der Waals surface area contributed by atoms with E-state index < -0.39 is 0 Å². The van der Waals surface area contributed by atoms with Crippen LogP contribution in [0.15, 0.2) is 82.2 Å². The molecule has 3 aromatic carbocycles. The topological polar surface area (TPSA) is 83.3 Å². The highest BCUT2D eigenvalue weighted by molar-refractivity contribution is 8.00. The molecule has 0 radical (unpaired) electrons. The van der Waals surface area contributed by atoms with Crippen LogP contribution in [-0.2, 0) is 4.79 Å². The maximum atomic E-state index is 12.4. The molecule has 2 N–H and O–H groups in total. The summed E-state index contributed by atoms with van der Waals surface area (Å²) in [7, 11) is 0. The van der Waals surface area contributed by atoms with Crippen molar-refractivity contribution < 1.29 is 9.32 Å². The second kappa shape index (κ2) is 10.5. The average Bonchev–Trinajstić information content (AvgIpc) is 3.53. The summed E-state index contributed by atoms with van der Waals surface area (Å²) in [6, 6.07) is 24.1. The average molecular weight is 526 g/mol. The van der Waals surface area contributed by atoms with Crippen LogP contribution in [0.1, 0.15) is 39.0 Å². The SMILES string of the molecule is CC1(C(=O)Nc2cccc(NSc3ccc(-c4noc(-c5ccccc5N5CCCCC5)n4)cc3)c2)CC1. The highest BCUT2D eigenvalue weighted by Gasteiger charge is 2.44. The summed E-state index contributed by atoms with van der Waals surface area (Å²) in [4.78, 5) is 20.5. The van der Waals surface area contributed by atoms with Crippen LogP contribution in [0.25, 0.3) is 22.8 Å². The lowest BCUT2D eigenvalue weighted by molar-refractivity contribution is -0.120. The number of benzene rings is 3. The molecule has 6 rings (SSSR count). The van der Waals surface area contributed by atoms with E-state index in [1.165, 1.54) is 31.2 Å². The molecule has 2 aliphatic rings. The van der Waals surface area contributed by atoms with E-state index in [9.17, 15) is 4.79 Å². The molecule has 8 heteroatoms. The zero-order valence-corrected chi connectivity index (χ0v) is 22.3. The van der Waals surface area contributed by atoms with Crippen molar-refractivity contribution in [1.82, 2.24) is 10.1 Å². The van der Waals surface area contributed by atoms with Crippen molar-refractivity contribution in [3.63, 3.8) is 0 Å². The Morgan fingerprint density at radius 2 is 1.71 bits per heavy atom. The van der Waals surface area contributed by atoms with Crippen molar-refractivity contribution in [1.29, 1.82) is 0 Å². The van der Waals surface area contributed by atoms with E-state index in [0.717, 1.165) is 59.0 Å². The third-order valence-corrected chi connectivity index (χ3v) is 8.17. The molecule has 0 bridgehead atoms. The molecule has 1 aliphatic carbocycles. The fourth-order valence-electron chi connectivity index (χ4n) is 4.66. The molecule has 1 saturated heterocycles. The Labute approximate surface area is 227 Å². The molecule has 1 amide bonds. The monoisotopic (exact) mass is 525 g/mol. The quantitative estimate of drug-likeness (QED) is 0.234. The lowest BCUT2D eigenvalue weighted by Gasteiger charge is -2.29. The van der Waals surface area contributed by atoms with Crippen molar-refractivity contribution in [3.8, 4) is 22.8 Å². The Morgan fingerprint density at radius 1 is 0.947 bits per heavy atom. The standard InChI is InChI=1S/C30H31N5O2S/c1-30(16-17-30)29(36)31-22-8-7-9-23(20-22)34-38-24-14-12-21(13-15-24)27-32-28(37-33-27)25-10-3-4-11-26(25)35-18-5-2-6-19-35/h3-4,7-15,20,34H,2,5-6,16-19H2,1H3,(H,31,36). The van der Waals surface area contributed by atoms with Crippen molar-refractivity contribution >= 4 is 34.9 Å². The highest BCUT2D eigenvalue weighted by atomic mass is 32.2. The summed E-state index contributed by atoms with van der Waals surface area (Å²) in [5, 5.41) is 7.30. The molecular weight excluding hydrogens is 494 g/mol. The first-order chi connectivity index (χ1) is 18.6. The van der Waals surface area contributed by atoms with Gasteiger partial charge in [0.1, 0.15) is 0 Å². The van der Waals surface area contributed by atoms with Gasteiger partial charge in [-0.1, -0.05) is 30.3 Å². The smallest absolute Gasteiger partial charge is 0.260 e. The number of piperidine rings is 1. The van der Waals surface area contributed by atoms with Crippen LogP contribution in [0.5, 0.6) is 0 Å². The number of rotatable bonds is 8. The van der Waals surface area contributed by atoms with Crippen molar-refractivity contribution in [2.75, 3.05) is 28.0 Å². The van der Waals surface area contributed by atoms with Gasteiger partial charge in [0.25, 0.3) is 5.89 Å². The van der Waals surface area contributed by atoms with Crippen LogP contribution in [-0.4, -0.2) is 29.1 Å². The van der Waals surface area contributed by atoms with Gasteiger partial charge in [0.2, 0.25) is 11.7 Å². The third kappa shape index (κ3) is 5.41. The second-order valence-electron chi connectivity index (χ2n) is 10.3. The first kappa shape index (κ1) is 24.6. The predicted molar refractivity (Wildman–Crippen MR) is 153 cm³/mol. The normalized spacial score (nSPS) is 16.2. The highest BCUT2D eigenvalue weighted by Crippen LogP contribution is 2.45. The Morgan fingerprint density at radius 3 is 2.50 bits per heavy atom. The molecule has 194 valence electrons. The van der Waals surface area contributed by atoms with Gasteiger partial charge in [0.05, 0.1) is 5.56 Å². The number of para-hydroxylation sites is 1. The van der Waals surface area contributed by atoms with Gasteiger partial charge in [-0.3, -0.25) is 4.79 Å². The predicted octanol–water partition coefficient (Wildman–Crippen LogP) is 7.25. The minimum Gasteiger partial charge on any atom is -0.371 e. The maximum Gasteiger partial charge on any atom is 0.260 e. The summed E-state index contributed by atoms with van der Waals surface area (Å²) in [5.41, 5.74) is 4.57. The molecule has 1 aliphatic heterocycles. The zero-order valence-electron chi connectivity index (χ0n) is 21.4. The van der Waals surface area contributed by atoms with E-state index >= 15 is 0 Å². The molecule has 4 aromatic rings. The molecule has 7 nitrogen and oxygen atoms in total. The molecule has 0 spiro atoms. The van der Waals surface area contributed by atoms with Crippen molar-refractivity contribution in [3.05, 3.63) is 72.8 Å². The number of hydrogen-bond donors (Lipinski definition) is 2. The van der Waals surface area contributed by atoms with Crippen molar-refractivity contribution in [2.24, 2.45) is 5.41 Å². The van der Waals surface area contributed by atoms with Gasteiger partial charge in [0.15, 0.2) is 0 Å². The third-order valence-electron chi connectivity index (χ3n) is 7.33. The number of hydrogen-bond acceptors (Lipinski definition) is 7. The van der Waals surface area contributed by atoms with Crippen LogP contribution in [0.2, 0.25) is 0 Å². The van der Waals surface area contributed by atoms with Crippen LogP contribution < -0.4 is 14.9 Å². The minimum atomic E-state index is -0.198. The summed E-state index contributed by atoms with van der Waals surface area (Å²) in [6.07, 6.45) is 5.63. The van der Waals surface area contributed by atoms with Crippen LogP contribution in [0, 0.1) is 5.41 Å². The number of aromatic nitrogens is 2. The van der Waals surface area contributed by atoms with E-state index in [4.69, 9.17) is 9.51 Å². The Balaban J connectivity index is 1.10. The molecule has 1 saturated carbocycles. The molecule has 2 heterocycles. The van der Waals surface area contributed by atoms with Gasteiger partial charge >= 0.3 is 0 Å². The summed E-state index contributed by atoms with van der Waals surface area (Å²) < 4.78 is 9.06. The largest absolute Gasteiger partial charge is 0.371 e. The van der Waals surface area contributed by atoms with Gasteiger partial charge in [-0.25, -0.2) is 0 Å². The molecule has 1 aromatic heterocycles. The van der Waals surface area contributed by atoms with E-state index in [-0.39, 0.29) is 11.3 Å². The summed E-state index contributed by atoms with van der Waals surface area (Å²) in [6.45, 7) is 4.13. The Hall–Kier alpha value is -3.78. The number of nitrogens with one attached hydrogen (secondary N) is 2. The fraction of sp³-hybridized carbons (Fsp3) is 0.300. The number of nitrogens with zero attached hydrogens (tertiary/aromatic N) is 3. The van der Waals surface area contributed by atoms with Gasteiger partial charge < -0.3 is 19.5 Å². The summed E-state index contributed by atoms with van der Waals surface area (Å²) >= 11 is 1.51. The van der Waals surface area contributed by atoms with Crippen LogP contribution >= 0.6 is 11.9 Å². The van der Waals surface area contributed by atoms with Gasteiger partial charge in [-0.2, -0.15) is 4.98 Å². The first-order valence-electron chi connectivity index (χ1n) is 13.2. The molecular formula is C30H31N5O2S. The fourth-order valence-corrected chi connectivity index (χ4v) is 5.30. The van der Waals surface area contributed by atoms with Crippen LogP contribution in [0.4, 0.5) is 17.1 Å². The maximum absolute atomic E-state index is 12.4. The molecule has 0 unspecified atom stereocenters. The van der Waals surface area contributed by atoms with Crippen molar-refractivity contribution in [2.45, 2.75) is 43.9 Å². The lowest BCUT2D eigenvalue weighted by Crippen LogP contribution is -2.29. The first-order valence-corrected chi connectivity index (χ1v) is 14.0. The van der Waals surface area contributed by atoms with Gasteiger partial charge in [-0.05, 0) is 98.6 Å². The second-order valence-corrected chi connectivity index (χ2v) is 11.2. The summed E-state index contributed by atoms with van der Waals surface area (Å²) in [5.74, 6) is 1.21. The number of amides is 1.